The van der Waals surface area contributed by atoms with Crippen molar-refractivity contribution in [2.24, 2.45) is 11.8 Å². The van der Waals surface area contributed by atoms with Crippen LogP contribution in [0.25, 0.3) is 0 Å². The summed E-state index contributed by atoms with van der Waals surface area (Å²) in [6.45, 7) is 6.72. The predicted molar refractivity (Wildman–Crippen MR) is 63.4 cm³/mol. The number of aromatic amines is 1. The highest BCUT2D eigenvalue weighted by Crippen LogP contribution is 2.36. The van der Waals surface area contributed by atoms with Gasteiger partial charge in [0.05, 0.1) is 0 Å². The normalized spacial score (nSPS) is 31.8. The van der Waals surface area contributed by atoms with E-state index in [2.05, 4.69) is 28.6 Å². The Kier molecular flexibility index (Phi) is 2.96. The van der Waals surface area contributed by atoms with E-state index in [9.17, 15) is 0 Å². The molecule has 1 aromatic heterocycles. The molecule has 0 saturated heterocycles. The minimum atomic E-state index is 0.558. The predicted octanol–water partition coefficient (Wildman–Crippen LogP) is 3.25. The van der Waals surface area contributed by atoms with Crippen LogP contribution in [-0.4, -0.2) is 14.8 Å². The third-order valence-electron chi connectivity index (χ3n) is 3.82. The van der Waals surface area contributed by atoms with E-state index < -0.39 is 0 Å². The first-order valence-corrected chi connectivity index (χ1v) is 6.14. The highest BCUT2D eigenvalue weighted by atomic mass is 32.1. The smallest absolute Gasteiger partial charge is 0.195 e. The standard InChI is InChI=1S/C11H19N3S/c1-7-4-5-10(6-8(7)2)14-9(3)12-13-11(14)15/h7-8,10H,4-6H2,1-3H3,(H,13,15). The van der Waals surface area contributed by atoms with Crippen LogP contribution in [0.4, 0.5) is 0 Å². The fourth-order valence-corrected chi connectivity index (χ4v) is 2.89. The lowest BCUT2D eigenvalue weighted by atomic mass is 9.79. The maximum Gasteiger partial charge on any atom is 0.195 e. The summed E-state index contributed by atoms with van der Waals surface area (Å²) >= 11 is 5.27. The minimum Gasteiger partial charge on any atom is -0.301 e. The van der Waals surface area contributed by atoms with E-state index in [0.29, 0.717) is 6.04 Å². The van der Waals surface area contributed by atoms with E-state index in [1.54, 1.807) is 0 Å². The van der Waals surface area contributed by atoms with Gasteiger partial charge in [-0.05, 0) is 50.2 Å². The monoisotopic (exact) mass is 225 g/mol. The molecular formula is C11H19N3S. The van der Waals surface area contributed by atoms with Gasteiger partial charge >= 0.3 is 0 Å². The SMILES string of the molecule is Cc1n[nH]c(=S)n1C1CCC(C)C(C)C1. The summed E-state index contributed by atoms with van der Waals surface area (Å²) in [6, 6.07) is 0.558. The van der Waals surface area contributed by atoms with Gasteiger partial charge in [-0.2, -0.15) is 5.10 Å². The van der Waals surface area contributed by atoms with Crippen LogP contribution in [0.15, 0.2) is 0 Å². The van der Waals surface area contributed by atoms with Crippen LogP contribution >= 0.6 is 12.2 Å². The van der Waals surface area contributed by atoms with Gasteiger partial charge in [-0.1, -0.05) is 13.8 Å². The molecule has 1 fully saturated rings. The number of rotatable bonds is 1. The van der Waals surface area contributed by atoms with Crippen molar-refractivity contribution >= 4 is 12.2 Å². The van der Waals surface area contributed by atoms with Crippen LogP contribution in [0.5, 0.6) is 0 Å². The van der Waals surface area contributed by atoms with Gasteiger partial charge in [0.1, 0.15) is 5.82 Å². The number of hydrogen-bond donors (Lipinski definition) is 1. The number of hydrogen-bond acceptors (Lipinski definition) is 2. The molecule has 0 aliphatic heterocycles. The Bertz CT molecular complexity index is 393. The van der Waals surface area contributed by atoms with Crippen molar-refractivity contribution in [3.8, 4) is 0 Å². The van der Waals surface area contributed by atoms with Crippen molar-refractivity contribution in [3.05, 3.63) is 10.6 Å². The average Bonchev–Trinajstić information content (AvgIpc) is 2.52. The van der Waals surface area contributed by atoms with E-state index in [0.717, 1.165) is 22.4 Å². The summed E-state index contributed by atoms with van der Waals surface area (Å²) in [7, 11) is 0. The molecule has 1 saturated carbocycles. The van der Waals surface area contributed by atoms with Crippen LogP contribution in [0.1, 0.15) is 45.0 Å². The van der Waals surface area contributed by atoms with Crippen LogP contribution in [-0.2, 0) is 0 Å². The zero-order valence-corrected chi connectivity index (χ0v) is 10.5. The Labute approximate surface area is 95.9 Å². The molecule has 15 heavy (non-hydrogen) atoms. The molecule has 0 aromatic carbocycles. The second-order valence-corrected chi connectivity index (χ2v) is 5.25. The van der Waals surface area contributed by atoms with Gasteiger partial charge in [0, 0.05) is 6.04 Å². The lowest BCUT2D eigenvalue weighted by Gasteiger charge is -2.32. The highest BCUT2D eigenvalue weighted by Gasteiger charge is 2.26. The van der Waals surface area contributed by atoms with E-state index in [4.69, 9.17) is 12.2 Å². The molecule has 1 heterocycles. The molecule has 84 valence electrons. The molecule has 0 spiro atoms. The molecule has 1 N–H and O–H groups in total. The van der Waals surface area contributed by atoms with Gasteiger partial charge in [0.15, 0.2) is 4.77 Å². The summed E-state index contributed by atoms with van der Waals surface area (Å²) in [4.78, 5) is 0. The van der Waals surface area contributed by atoms with Crippen molar-refractivity contribution in [2.45, 2.75) is 46.1 Å². The summed E-state index contributed by atoms with van der Waals surface area (Å²) in [5.41, 5.74) is 0. The number of nitrogens with zero attached hydrogens (tertiary/aromatic N) is 2. The quantitative estimate of drug-likeness (QED) is 0.744. The van der Waals surface area contributed by atoms with E-state index in [1.807, 2.05) is 6.92 Å². The number of H-pyrrole nitrogens is 1. The number of aryl methyl sites for hydroxylation is 1. The fraction of sp³-hybridized carbons (Fsp3) is 0.818. The Morgan fingerprint density at radius 3 is 2.60 bits per heavy atom. The topological polar surface area (TPSA) is 33.6 Å². The first kappa shape index (κ1) is 10.9. The zero-order chi connectivity index (χ0) is 11.0. The van der Waals surface area contributed by atoms with Crippen molar-refractivity contribution in [2.75, 3.05) is 0 Å². The van der Waals surface area contributed by atoms with Gasteiger partial charge in [-0.25, -0.2) is 0 Å². The third kappa shape index (κ3) is 2.00. The van der Waals surface area contributed by atoms with Gasteiger partial charge in [-0.3, -0.25) is 5.10 Å². The first-order chi connectivity index (χ1) is 7.09. The molecule has 3 nitrogen and oxygen atoms in total. The number of nitrogens with one attached hydrogen (secondary N) is 1. The lowest BCUT2D eigenvalue weighted by molar-refractivity contribution is 0.207. The van der Waals surface area contributed by atoms with Gasteiger partial charge in [0.2, 0.25) is 0 Å². The molecule has 1 aromatic rings. The van der Waals surface area contributed by atoms with Crippen molar-refractivity contribution in [1.82, 2.24) is 14.8 Å². The molecule has 3 unspecified atom stereocenters. The van der Waals surface area contributed by atoms with Crippen LogP contribution in [0, 0.1) is 23.5 Å². The summed E-state index contributed by atoms with van der Waals surface area (Å²) in [5.74, 6) is 2.66. The lowest BCUT2D eigenvalue weighted by Crippen LogP contribution is -2.24. The van der Waals surface area contributed by atoms with Crippen LogP contribution in [0.3, 0.4) is 0 Å². The number of aromatic nitrogens is 3. The Hall–Kier alpha value is -0.640. The fourth-order valence-electron chi connectivity index (χ4n) is 2.57. The third-order valence-corrected chi connectivity index (χ3v) is 4.10. The molecule has 0 bridgehead atoms. The van der Waals surface area contributed by atoms with Crippen molar-refractivity contribution < 1.29 is 0 Å². The van der Waals surface area contributed by atoms with Gasteiger partial charge in [-0.15, -0.1) is 0 Å². The van der Waals surface area contributed by atoms with Crippen LogP contribution in [0.2, 0.25) is 0 Å². The molecule has 0 radical (unpaired) electrons. The summed E-state index contributed by atoms with van der Waals surface area (Å²) in [6.07, 6.45) is 3.77. The molecule has 0 amide bonds. The van der Waals surface area contributed by atoms with Gasteiger partial charge in [0.25, 0.3) is 0 Å². The minimum absolute atomic E-state index is 0.558. The second kappa shape index (κ2) is 4.08. The maximum absolute atomic E-state index is 5.27. The second-order valence-electron chi connectivity index (χ2n) is 4.87. The molecule has 1 aliphatic rings. The Balaban J connectivity index is 2.22. The molecule has 1 aliphatic carbocycles. The molecule has 4 heteroatoms. The Morgan fingerprint density at radius 1 is 1.33 bits per heavy atom. The molecule has 2 rings (SSSR count). The highest BCUT2D eigenvalue weighted by molar-refractivity contribution is 7.71. The summed E-state index contributed by atoms with van der Waals surface area (Å²) in [5, 5.41) is 7.06. The Morgan fingerprint density at radius 2 is 2.07 bits per heavy atom. The van der Waals surface area contributed by atoms with Crippen molar-refractivity contribution in [3.63, 3.8) is 0 Å². The zero-order valence-electron chi connectivity index (χ0n) is 9.66. The van der Waals surface area contributed by atoms with E-state index >= 15 is 0 Å². The van der Waals surface area contributed by atoms with Crippen LogP contribution < -0.4 is 0 Å². The van der Waals surface area contributed by atoms with E-state index in [1.165, 1.54) is 19.3 Å². The van der Waals surface area contributed by atoms with Crippen molar-refractivity contribution in [1.29, 1.82) is 0 Å². The van der Waals surface area contributed by atoms with E-state index in [-0.39, 0.29) is 0 Å². The summed E-state index contributed by atoms with van der Waals surface area (Å²) < 4.78 is 2.97. The first-order valence-electron chi connectivity index (χ1n) is 5.73. The largest absolute Gasteiger partial charge is 0.301 e. The average molecular weight is 225 g/mol. The maximum atomic E-state index is 5.27. The molecule has 3 atom stereocenters. The van der Waals surface area contributed by atoms with Gasteiger partial charge < -0.3 is 4.57 Å². The molecular weight excluding hydrogens is 206 g/mol.